The molecule has 26 heavy (non-hydrogen) atoms. The van der Waals surface area contributed by atoms with Crippen LogP contribution in [0.25, 0.3) is 0 Å². The van der Waals surface area contributed by atoms with Gasteiger partial charge in [-0.3, -0.25) is 9.69 Å². The molecule has 1 saturated heterocycles. The van der Waals surface area contributed by atoms with Gasteiger partial charge in [-0.15, -0.1) is 0 Å². The van der Waals surface area contributed by atoms with Crippen LogP contribution in [0.2, 0.25) is 0 Å². The zero-order valence-corrected chi connectivity index (χ0v) is 15.7. The maximum absolute atomic E-state index is 12.3. The molecule has 0 unspecified atom stereocenters. The number of amides is 1. The number of nitrogens with one attached hydrogen (secondary N) is 1. The van der Waals surface area contributed by atoms with E-state index in [9.17, 15) is 4.79 Å². The van der Waals surface area contributed by atoms with Gasteiger partial charge in [0.05, 0.1) is 13.5 Å². The van der Waals surface area contributed by atoms with Crippen molar-refractivity contribution in [2.75, 3.05) is 25.5 Å². The Morgan fingerprint density at radius 2 is 2.00 bits per heavy atom. The molecule has 138 valence electrons. The molecule has 0 radical (unpaired) electrons. The average molecular weight is 352 g/mol. The lowest BCUT2D eigenvalue weighted by Gasteiger charge is -2.30. The Labute approximate surface area is 156 Å². The van der Waals surface area contributed by atoms with E-state index in [0.717, 1.165) is 29.5 Å². The third-order valence-electron chi connectivity index (χ3n) is 4.88. The van der Waals surface area contributed by atoms with Gasteiger partial charge < -0.3 is 10.1 Å². The third kappa shape index (κ3) is 5.33. The molecule has 0 aliphatic carbocycles. The molecule has 2 aromatic carbocycles. The molecule has 0 saturated carbocycles. The van der Waals surface area contributed by atoms with Gasteiger partial charge in [0.2, 0.25) is 5.91 Å². The zero-order chi connectivity index (χ0) is 18.4. The summed E-state index contributed by atoms with van der Waals surface area (Å²) in [6.45, 7) is 5.68. The highest BCUT2D eigenvalue weighted by Crippen LogP contribution is 2.19. The largest absolute Gasteiger partial charge is 0.497 e. The highest BCUT2D eigenvalue weighted by molar-refractivity contribution is 5.92. The molecule has 4 heteroatoms. The number of methoxy groups -OCH3 is 1. The second kappa shape index (κ2) is 8.86. The van der Waals surface area contributed by atoms with E-state index in [-0.39, 0.29) is 5.91 Å². The summed E-state index contributed by atoms with van der Waals surface area (Å²) in [5.41, 5.74) is 3.08. The first-order valence-corrected chi connectivity index (χ1v) is 9.36. The van der Waals surface area contributed by atoms with Crippen molar-refractivity contribution in [3.05, 3.63) is 59.7 Å². The number of nitrogens with zero attached hydrogens (tertiary/aromatic N) is 1. The maximum Gasteiger partial charge on any atom is 0.228 e. The maximum atomic E-state index is 12.3. The number of carbonyl (C=O) groups is 1. The molecule has 1 heterocycles. The van der Waals surface area contributed by atoms with Crippen molar-refractivity contribution in [1.82, 2.24) is 4.90 Å². The number of likely N-dealkylation sites (tertiary alicyclic amines) is 1. The second-order valence-electron chi connectivity index (χ2n) is 7.26. The lowest BCUT2D eigenvalue weighted by molar-refractivity contribution is -0.115. The number of carbonyl (C=O) groups excluding carboxylic acids is 1. The number of hydrogen-bond donors (Lipinski definition) is 1. The monoisotopic (exact) mass is 352 g/mol. The molecule has 3 rings (SSSR count). The molecule has 1 amide bonds. The van der Waals surface area contributed by atoms with E-state index in [2.05, 4.69) is 29.3 Å². The van der Waals surface area contributed by atoms with Crippen LogP contribution in [0, 0.1) is 5.92 Å². The molecule has 1 N–H and O–H groups in total. The normalized spacial score (nSPS) is 17.7. The van der Waals surface area contributed by atoms with E-state index < -0.39 is 0 Å². The van der Waals surface area contributed by atoms with Gasteiger partial charge in [0.1, 0.15) is 5.75 Å². The summed E-state index contributed by atoms with van der Waals surface area (Å²) in [5.74, 6) is 1.54. The van der Waals surface area contributed by atoms with E-state index in [0.29, 0.717) is 6.42 Å². The molecule has 1 atom stereocenters. The minimum atomic E-state index is -0.0177. The number of ether oxygens (including phenoxy) is 1. The molecule has 4 nitrogen and oxygen atoms in total. The van der Waals surface area contributed by atoms with Gasteiger partial charge in [-0.2, -0.15) is 0 Å². The van der Waals surface area contributed by atoms with Crippen molar-refractivity contribution in [3.8, 4) is 5.75 Å². The quantitative estimate of drug-likeness (QED) is 0.851. The number of benzene rings is 2. The topological polar surface area (TPSA) is 41.6 Å². The fourth-order valence-electron chi connectivity index (χ4n) is 3.55. The highest BCUT2D eigenvalue weighted by atomic mass is 16.5. The Hall–Kier alpha value is -2.33. The first-order valence-electron chi connectivity index (χ1n) is 9.36. The average Bonchev–Trinajstić information content (AvgIpc) is 2.63. The summed E-state index contributed by atoms with van der Waals surface area (Å²) in [4.78, 5) is 14.8. The highest BCUT2D eigenvalue weighted by Gasteiger charge is 2.16. The van der Waals surface area contributed by atoms with Crippen LogP contribution in [0.5, 0.6) is 5.75 Å². The Bertz CT molecular complexity index is 727. The van der Waals surface area contributed by atoms with Crippen LogP contribution in [-0.2, 0) is 17.8 Å². The van der Waals surface area contributed by atoms with Crippen LogP contribution in [0.3, 0.4) is 0 Å². The second-order valence-corrected chi connectivity index (χ2v) is 7.26. The van der Waals surface area contributed by atoms with Crippen LogP contribution < -0.4 is 10.1 Å². The number of hydrogen-bond acceptors (Lipinski definition) is 3. The van der Waals surface area contributed by atoms with E-state index >= 15 is 0 Å². The lowest BCUT2D eigenvalue weighted by Crippen LogP contribution is -2.33. The lowest BCUT2D eigenvalue weighted by atomic mass is 10.00. The molecule has 0 bridgehead atoms. The summed E-state index contributed by atoms with van der Waals surface area (Å²) < 4.78 is 5.20. The van der Waals surface area contributed by atoms with Crippen molar-refractivity contribution in [1.29, 1.82) is 0 Å². The van der Waals surface area contributed by atoms with Gasteiger partial charge >= 0.3 is 0 Å². The van der Waals surface area contributed by atoms with Gasteiger partial charge in [-0.05, 0) is 60.7 Å². The van der Waals surface area contributed by atoms with Crippen molar-refractivity contribution >= 4 is 11.6 Å². The SMILES string of the molecule is COc1cccc(CC(=O)Nc2ccc(CN3CCC[C@@H](C)C3)cc2)c1. The van der Waals surface area contributed by atoms with E-state index in [4.69, 9.17) is 4.74 Å². The predicted molar refractivity (Wildman–Crippen MR) is 105 cm³/mol. The van der Waals surface area contributed by atoms with Crippen LogP contribution in [0.15, 0.2) is 48.5 Å². The number of anilines is 1. The molecule has 0 spiro atoms. The fraction of sp³-hybridized carbons (Fsp3) is 0.409. The van der Waals surface area contributed by atoms with Crippen LogP contribution in [0.4, 0.5) is 5.69 Å². The molecule has 0 aromatic heterocycles. The minimum absolute atomic E-state index is 0.0177. The molecular formula is C22H28N2O2. The van der Waals surface area contributed by atoms with Crippen LogP contribution in [-0.4, -0.2) is 31.0 Å². The molecule has 2 aromatic rings. The fourth-order valence-corrected chi connectivity index (χ4v) is 3.55. The Morgan fingerprint density at radius 1 is 1.19 bits per heavy atom. The van der Waals surface area contributed by atoms with Gasteiger partial charge in [0.15, 0.2) is 0 Å². The Morgan fingerprint density at radius 3 is 2.73 bits per heavy atom. The first kappa shape index (κ1) is 18.5. The molecule has 1 aliphatic heterocycles. The van der Waals surface area contributed by atoms with E-state index in [1.807, 2.05) is 36.4 Å². The van der Waals surface area contributed by atoms with E-state index in [1.165, 1.54) is 31.5 Å². The Balaban J connectivity index is 1.52. The summed E-state index contributed by atoms with van der Waals surface area (Å²) >= 11 is 0. The van der Waals surface area contributed by atoms with Crippen molar-refractivity contribution in [2.45, 2.75) is 32.7 Å². The van der Waals surface area contributed by atoms with Gasteiger partial charge in [0, 0.05) is 18.8 Å². The van der Waals surface area contributed by atoms with E-state index in [1.54, 1.807) is 7.11 Å². The molecule has 1 fully saturated rings. The van der Waals surface area contributed by atoms with Crippen molar-refractivity contribution < 1.29 is 9.53 Å². The number of piperidine rings is 1. The Kier molecular flexibility index (Phi) is 6.29. The van der Waals surface area contributed by atoms with Crippen molar-refractivity contribution in [2.24, 2.45) is 5.92 Å². The summed E-state index contributed by atoms with van der Waals surface area (Å²) in [7, 11) is 1.63. The van der Waals surface area contributed by atoms with Gasteiger partial charge in [-0.25, -0.2) is 0 Å². The standard InChI is InChI=1S/C22H28N2O2/c1-17-5-4-12-24(15-17)16-18-8-10-20(11-9-18)23-22(25)14-19-6-3-7-21(13-19)26-2/h3,6-11,13,17H,4-5,12,14-16H2,1-2H3,(H,23,25)/t17-/m1/s1. The molecular weight excluding hydrogens is 324 g/mol. The van der Waals surface area contributed by atoms with Gasteiger partial charge in [-0.1, -0.05) is 31.2 Å². The first-order chi connectivity index (χ1) is 12.6. The van der Waals surface area contributed by atoms with Crippen molar-refractivity contribution in [3.63, 3.8) is 0 Å². The summed E-state index contributed by atoms with van der Waals surface area (Å²) in [5, 5.41) is 2.97. The van der Waals surface area contributed by atoms with Crippen LogP contribution in [0.1, 0.15) is 30.9 Å². The minimum Gasteiger partial charge on any atom is -0.497 e. The number of rotatable bonds is 6. The van der Waals surface area contributed by atoms with Gasteiger partial charge in [0.25, 0.3) is 0 Å². The zero-order valence-electron chi connectivity index (χ0n) is 15.7. The third-order valence-corrected chi connectivity index (χ3v) is 4.88. The van der Waals surface area contributed by atoms with Crippen LogP contribution >= 0.6 is 0 Å². The summed E-state index contributed by atoms with van der Waals surface area (Å²) in [6, 6.07) is 15.8. The summed E-state index contributed by atoms with van der Waals surface area (Å²) in [6.07, 6.45) is 2.97. The molecule has 1 aliphatic rings. The smallest absolute Gasteiger partial charge is 0.228 e. The predicted octanol–water partition coefficient (Wildman–Crippen LogP) is 4.11.